The second-order valence-corrected chi connectivity index (χ2v) is 4.22. The smallest absolute Gasteiger partial charge is 0.317 e. The second kappa shape index (κ2) is 5.69. The number of urea groups is 1. The quantitative estimate of drug-likeness (QED) is 0.694. The van der Waals surface area contributed by atoms with E-state index in [1.165, 1.54) is 0 Å². The number of piperazine rings is 1. The van der Waals surface area contributed by atoms with Gasteiger partial charge in [-0.25, -0.2) is 4.79 Å². The molecule has 1 fully saturated rings. The monoisotopic (exact) mass is 229 g/mol. The van der Waals surface area contributed by atoms with Crippen LogP contribution in [0, 0.1) is 5.92 Å². The third-order valence-electron chi connectivity index (χ3n) is 2.77. The van der Waals surface area contributed by atoms with E-state index in [-0.39, 0.29) is 12.6 Å². The van der Waals surface area contributed by atoms with Crippen LogP contribution >= 0.6 is 0 Å². The zero-order valence-corrected chi connectivity index (χ0v) is 9.77. The average molecular weight is 229 g/mol. The molecule has 1 heterocycles. The van der Waals surface area contributed by atoms with Crippen LogP contribution in [0.15, 0.2) is 0 Å². The molecule has 16 heavy (non-hydrogen) atoms. The van der Waals surface area contributed by atoms with Crippen molar-refractivity contribution in [2.75, 3.05) is 39.8 Å². The topological polar surface area (TPSA) is 72.9 Å². The van der Waals surface area contributed by atoms with Crippen LogP contribution in [0.2, 0.25) is 0 Å². The van der Waals surface area contributed by atoms with E-state index in [0.717, 1.165) is 13.1 Å². The van der Waals surface area contributed by atoms with Crippen molar-refractivity contribution in [3.63, 3.8) is 0 Å². The Balaban J connectivity index is 2.27. The van der Waals surface area contributed by atoms with Crippen molar-refractivity contribution in [3.8, 4) is 0 Å². The standard InChI is InChI=1S/C10H19N3O3/c1-8(9(14)15)7-11-10(16)13-5-3-12(2)4-6-13/h8H,3-7H2,1-2H3,(H,11,16)(H,14,15). The molecule has 0 bridgehead atoms. The first-order valence-corrected chi connectivity index (χ1v) is 5.45. The maximum atomic E-state index is 11.6. The van der Waals surface area contributed by atoms with Crippen molar-refractivity contribution >= 4 is 12.0 Å². The largest absolute Gasteiger partial charge is 0.481 e. The highest BCUT2D eigenvalue weighted by Gasteiger charge is 2.20. The summed E-state index contributed by atoms with van der Waals surface area (Å²) in [5.41, 5.74) is 0. The predicted molar refractivity (Wildman–Crippen MR) is 59.3 cm³/mol. The Kier molecular flexibility index (Phi) is 4.54. The first-order chi connectivity index (χ1) is 7.50. The molecule has 1 atom stereocenters. The molecular weight excluding hydrogens is 210 g/mol. The Morgan fingerprint density at radius 2 is 1.88 bits per heavy atom. The summed E-state index contributed by atoms with van der Waals surface area (Å²) in [7, 11) is 2.02. The highest BCUT2D eigenvalue weighted by atomic mass is 16.4. The van der Waals surface area contributed by atoms with Crippen LogP contribution in [-0.2, 0) is 4.79 Å². The van der Waals surface area contributed by atoms with Gasteiger partial charge in [0.1, 0.15) is 0 Å². The summed E-state index contributed by atoms with van der Waals surface area (Å²) < 4.78 is 0. The highest BCUT2D eigenvalue weighted by Crippen LogP contribution is 2.00. The van der Waals surface area contributed by atoms with Gasteiger partial charge in [-0.15, -0.1) is 0 Å². The molecule has 0 aromatic carbocycles. The van der Waals surface area contributed by atoms with E-state index >= 15 is 0 Å². The first-order valence-electron chi connectivity index (χ1n) is 5.45. The minimum Gasteiger partial charge on any atom is -0.481 e. The van der Waals surface area contributed by atoms with Gasteiger partial charge < -0.3 is 20.2 Å². The summed E-state index contributed by atoms with van der Waals surface area (Å²) in [6.07, 6.45) is 0. The molecule has 1 aliphatic heterocycles. The molecule has 1 saturated heterocycles. The molecule has 0 radical (unpaired) electrons. The lowest BCUT2D eigenvalue weighted by Gasteiger charge is -2.32. The van der Waals surface area contributed by atoms with E-state index in [9.17, 15) is 9.59 Å². The number of likely N-dealkylation sites (N-methyl/N-ethyl adjacent to an activating group) is 1. The van der Waals surface area contributed by atoms with E-state index in [2.05, 4.69) is 10.2 Å². The number of carboxylic acid groups (broad SMARTS) is 1. The number of carbonyl (C=O) groups excluding carboxylic acids is 1. The van der Waals surface area contributed by atoms with Gasteiger partial charge in [0.15, 0.2) is 0 Å². The van der Waals surface area contributed by atoms with Gasteiger partial charge in [0.2, 0.25) is 0 Å². The van der Waals surface area contributed by atoms with Crippen LogP contribution in [0.5, 0.6) is 0 Å². The highest BCUT2D eigenvalue weighted by molar-refractivity contribution is 5.76. The molecule has 92 valence electrons. The van der Waals surface area contributed by atoms with Gasteiger partial charge in [0.05, 0.1) is 5.92 Å². The lowest BCUT2D eigenvalue weighted by atomic mass is 10.2. The Labute approximate surface area is 95.2 Å². The van der Waals surface area contributed by atoms with E-state index in [1.807, 2.05) is 7.05 Å². The zero-order chi connectivity index (χ0) is 12.1. The average Bonchev–Trinajstić information content (AvgIpc) is 2.26. The number of hydrogen-bond acceptors (Lipinski definition) is 3. The number of nitrogens with zero attached hydrogens (tertiary/aromatic N) is 2. The molecule has 6 heteroatoms. The molecule has 2 amide bonds. The number of hydrogen-bond donors (Lipinski definition) is 2. The molecular formula is C10H19N3O3. The molecule has 0 aromatic rings. The number of amides is 2. The van der Waals surface area contributed by atoms with Gasteiger partial charge in [-0.3, -0.25) is 4.79 Å². The van der Waals surface area contributed by atoms with Crippen LogP contribution in [0.1, 0.15) is 6.92 Å². The maximum Gasteiger partial charge on any atom is 0.317 e. The summed E-state index contributed by atoms with van der Waals surface area (Å²) in [4.78, 5) is 26.1. The molecule has 0 aliphatic carbocycles. The Hall–Kier alpha value is -1.30. The SMILES string of the molecule is CC(CNC(=O)N1CCN(C)CC1)C(=O)O. The third-order valence-corrected chi connectivity index (χ3v) is 2.77. The summed E-state index contributed by atoms with van der Waals surface area (Å²) in [5, 5.41) is 11.3. The molecule has 0 spiro atoms. The van der Waals surface area contributed by atoms with Crippen molar-refractivity contribution in [2.45, 2.75) is 6.92 Å². The van der Waals surface area contributed by atoms with Gasteiger partial charge in [0.25, 0.3) is 0 Å². The number of rotatable bonds is 3. The number of carbonyl (C=O) groups is 2. The van der Waals surface area contributed by atoms with Crippen molar-refractivity contribution < 1.29 is 14.7 Å². The van der Waals surface area contributed by atoms with Crippen LogP contribution in [-0.4, -0.2) is 66.7 Å². The summed E-state index contributed by atoms with van der Waals surface area (Å²) >= 11 is 0. The fourth-order valence-electron chi connectivity index (χ4n) is 1.45. The fraction of sp³-hybridized carbons (Fsp3) is 0.800. The van der Waals surface area contributed by atoms with Crippen LogP contribution in [0.3, 0.4) is 0 Å². The van der Waals surface area contributed by atoms with Gasteiger partial charge in [-0.1, -0.05) is 6.92 Å². The third kappa shape index (κ3) is 3.69. The van der Waals surface area contributed by atoms with E-state index in [0.29, 0.717) is 13.1 Å². The number of nitrogens with one attached hydrogen (secondary N) is 1. The lowest BCUT2D eigenvalue weighted by Crippen LogP contribution is -2.51. The number of carboxylic acids is 1. The van der Waals surface area contributed by atoms with Gasteiger partial charge in [0, 0.05) is 32.7 Å². The van der Waals surface area contributed by atoms with Crippen LogP contribution in [0.25, 0.3) is 0 Å². The van der Waals surface area contributed by atoms with Crippen LogP contribution in [0.4, 0.5) is 4.79 Å². The second-order valence-electron chi connectivity index (χ2n) is 4.22. The Morgan fingerprint density at radius 1 is 1.31 bits per heavy atom. The van der Waals surface area contributed by atoms with E-state index in [4.69, 9.17) is 5.11 Å². The Bertz CT molecular complexity index is 262. The predicted octanol–water partition coefficient (Wildman–Crippen LogP) is -0.336. The van der Waals surface area contributed by atoms with E-state index in [1.54, 1.807) is 11.8 Å². The first kappa shape index (κ1) is 12.8. The molecule has 0 aromatic heterocycles. The summed E-state index contributed by atoms with van der Waals surface area (Å²) in [5.74, 6) is -1.44. The zero-order valence-electron chi connectivity index (χ0n) is 9.77. The number of aliphatic carboxylic acids is 1. The van der Waals surface area contributed by atoms with Crippen molar-refractivity contribution in [3.05, 3.63) is 0 Å². The molecule has 6 nitrogen and oxygen atoms in total. The van der Waals surface area contributed by atoms with Crippen molar-refractivity contribution in [2.24, 2.45) is 5.92 Å². The molecule has 0 saturated carbocycles. The van der Waals surface area contributed by atoms with Gasteiger partial charge >= 0.3 is 12.0 Å². The lowest BCUT2D eigenvalue weighted by molar-refractivity contribution is -0.140. The normalized spacial score (nSPS) is 19.2. The summed E-state index contributed by atoms with van der Waals surface area (Å²) in [6.45, 7) is 4.88. The van der Waals surface area contributed by atoms with Gasteiger partial charge in [-0.05, 0) is 7.05 Å². The molecule has 1 unspecified atom stereocenters. The molecule has 1 rings (SSSR count). The van der Waals surface area contributed by atoms with Crippen molar-refractivity contribution in [1.29, 1.82) is 0 Å². The van der Waals surface area contributed by atoms with Crippen molar-refractivity contribution in [1.82, 2.24) is 15.1 Å². The summed E-state index contributed by atoms with van der Waals surface area (Å²) in [6, 6.07) is -0.166. The minimum absolute atomic E-state index is 0.166. The maximum absolute atomic E-state index is 11.6. The van der Waals surface area contributed by atoms with Gasteiger partial charge in [-0.2, -0.15) is 0 Å². The molecule has 1 aliphatic rings. The Morgan fingerprint density at radius 3 is 2.38 bits per heavy atom. The molecule has 2 N–H and O–H groups in total. The van der Waals surface area contributed by atoms with Crippen LogP contribution < -0.4 is 5.32 Å². The van der Waals surface area contributed by atoms with E-state index < -0.39 is 11.9 Å². The fourth-order valence-corrected chi connectivity index (χ4v) is 1.45. The minimum atomic E-state index is -0.890.